The summed E-state index contributed by atoms with van der Waals surface area (Å²) in [7, 11) is 0. The van der Waals surface area contributed by atoms with E-state index in [1.54, 1.807) is 24.3 Å². The van der Waals surface area contributed by atoms with Gasteiger partial charge in [0.15, 0.2) is 11.2 Å². The Labute approximate surface area is 316 Å². The highest BCUT2D eigenvalue weighted by Crippen LogP contribution is 2.12. The minimum absolute atomic E-state index is 0.00542. The number of thiol groups is 1. The third-order valence-electron chi connectivity index (χ3n) is 7.02. The first-order valence-corrected chi connectivity index (χ1v) is 17.0. The lowest BCUT2D eigenvalue weighted by atomic mass is 10.2. The molecule has 0 aliphatic rings. The number of carbonyl (C=O) groups is 8. The summed E-state index contributed by atoms with van der Waals surface area (Å²) in [5.41, 5.74) is 6.74. The van der Waals surface area contributed by atoms with Crippen LogP contribution in [0.1, 0.15) is 28.9 Å². The molecule has 3 rings (SSSR count). The Bertz CT molecular complexity index is 1960. The third kappa shape index (κ3) is 15.3. The number of nitrogens with two attached hydrogens (primary N) is 1. The van der Waals surface area contributed by atoms with Gasteiger partial charge in [-0.05, 0) is 30.7 Å². The van der Waals surface area contributed by atoms with Gasteiger partial charge in [-0.25, -0.2) is 14.8 Å². The van der Waals surface area contributed by atoms with Gasteiger partial charge in [0, 0.05) is 30.0 Å². The van der Waals surface area contributed by atoms with E-state index in [1.165, 1.54) is 6.20 Å². The monoisotopic (exact) mass is 785 g/mol. The number of carbonyl (C=O) groups excluding carboxylic acids is 7. The van der Waals surface area contributed by atoms with Crippen LogP contribution in [-0.2, 0) is 40.1 Å². The van der Waals surface area contributed by atoms with Crippen molar-refractivity contribution in [2.45, 2.75) is 25.4 Å². The Balaban J connectivity index is 1.22. The van der Waals surface area contributed by atoms with E-state index in [4.69, 9.17) is 10.8 Å². The average Bonchev–Trinajstić information content (AvgIpc) is 3.16. The zero-order valence-electron chi connectivity index (χ0n) is 29.0. The van der Waals surface area contributed by atoms with E-state index >= 15 is 0 Å². The molecule has 2 aromatic heterocycles. The predicted octanol–water partition coefficient (Wildman–Crippen LogP) is -4.50. The van der Waals surface area contributed by atoms with Gasteiger partial charge in [0.05, 0.1) is 51.2 Å². The lowest BCUT2D eigenvalue weighted by Crippen LogP contribution is -2.48. The van der Waals surface area contributed by atoms with E-state index in [-0.39, 0.29) is 54.7 Å². The highest BCUT2D eigenvalue weighted by atomic mass is 32.1. The summed E-state index contributed by atoms with van der Waals surface area (Å²) >= 11 is 3.80. The molecule has 0 fully saturated rings. The Hall–Kier alpha value is -6.85. The molecular formula is C31H39N13O10S. The quantitative estimate of drug-likeness (QED) is 0.0358. The number of nitrogens with zero attached hydrogens (tertiary/aromatic N) is 3. The Kier molecular flexibility index (Phi) is 16.7. The number of carboxylic acids is 1. The molecule has 3 aromatic rings. The number of hydrogen-bond donors (Lipinski definition) is 12. The van der Waals surface area contributed by atoms with Gasteiger partial charge in [-0.2, -0.15) is 17.6 Å². The molecule has 0 saturated carbocycles. The van der Waals surface area contributed by atoms with Gasteiger partial charge >= 0.3 is 5.97 Å². The summed E-state index contributed by atoms with van der Waals surface area (Å²) in [6.07, 6.45) is 1.75. The average molecular weight is 786 g/mol. The molecule has 24 heteroatoms. The Morgan fingerprint density at radius 3 is 1.85 bits per heavy atom. The molecule has 2 heterocycles. The fraction of sp³-hybridized carbons (Fsp3) is 0.355. The van der Waals surface area contributed by atoms with E-state index in [0.717, 1.165) is 0 Å². The summed E-state index contributed by atoms with van der Waals surface area (Å²) in [6.45, 7) is -2.08. The second-order valence-corrected chi connectivity index (χ2v) is 11.7. The van der Waals surface area contributed by atoms with Gasteiger partial charge < -0.3 is 53.4 Å². The van der Waals surface area contributed by atoms with Crippen LogP contribution in [0.3, 0.4) is 0 Å². The summed E-state index contributed by atoms with van der Waals surface area (Å²) in [6, 6.07) is 5.34. The summed E-state index contributed by atoms with van der Waals surface area (Å²) < 4.78 is 0. The topological polar surface area (TPSA) is 351 Å². The summed E-state index contributed by atoms with van der Waals surface area (Å²) in [4.78, 5) is 121. The Morgan fingerprint density at radius 2 is 1.31 bits per heavy atom. The molecule has 0 saturated heterocycles. The number of aromatic amines is 1. The molecule has 7 amide bonds. The Morgan fingerprint density at radius 1 is 0.764 bits per heavy atom. The molecule has 1 aromatic carbocycles. The number of hydrogen-bond acceptors (Lipinski definition) is 15. The maximum atomic E-state index is 12.5. The van der Waals surface area contributed by atoms with E-state index in [2.05, 4.69) is 75.1 Å². The smallest absolute Gasteiger partial charge is 0.327 e. The maximum Gasteiger partial charge on any atom is 0.327 e. The highest BCUT2D eigenvalue weighted by molar-refractivity contribution is 7.80. The summed E-state index contributed by atoms with van der Waals surface area (Å²) in [5.74, 6) is -6.00. The van der Waals surface area contributed by atoms with Crippen LogP contribution in [-0.4, -0.2) is 123 Å². The predicted molar refractivity (Wildman–Crippen MR) is 196 cm³/mol. The minimum atomic E-state index is -1.29. The standard InChI is InChI=1S/C31H39N13O10S/c32-31-43-27-26(29(52)44-31)41-18(9-40-27)8-34-17-5-3-16(4-6-17)28(51)33-7-1-2-20(45)35-10-21(46)36-11-22(47)37-12-23(48)38-13-24(49)39-14-25(50)42-19(15-55)30(53)54/h3-6,9,19,34,55H,1-2,7-8,10-15H2,(H,33,51)(H,35,45)(H,36,46)(H,37,47)(H,38,48)(H,39,49)(H,42,50)(H,53,54)(H3,32,40,43,44,52)/t19-/m1/s1. The number of H-pyrrole nitrogens is 1. The first-order valence-electron chi connectivity index (χ1n) is 16.3. The summed E-state index contributed by atoms with van der Waals surface area (Å²) in [5, 5.41) is 28.1. The van der Waals surface area contributed by atoms with Crippen LogP contribution in [0.2, 0.25) is 0 Å². The zero-order chi connectivity index (χ0) is 40.3. The van der Waals surface area contributed by atoms with Crippen molar-refractivity contribution < 1.29 is 43.5 Å². The molecule has 0 bridgehead atoms. The van der Waals surface area contributed by atoms with Gasteiger partial charge in [0.1, 0.15) is 6.04 Å². The van der Waals surface area contributed by atoms with Crippen LogP contribution in [0.25, 0.3) is 11.2 Å². The number of rotatable bonds is 21. The number of benzene rings is 1. The van der Waals surface area contributed by atoms with Gasteiger partial charge in [0.25, 0.3) is 11.5 Å². The van der Waals surface area contributed by atoms with Crippen molar-refractivity contribution in [3.05, 3.63) is 52.1 Å². The van der Waals surface area contributed by atoms with E-state index in [9.17, 15) is 43.2 Å². The molecule has 0 aliphatic heterocycles. The lowest BCUT2D eigenvalue weighted by molar-refractivity contribution is -0.141. The van der Waals surface area contributed by atoms with Crippen LogP contribution in [0.5, 0.6) is 0 Å². The van der Waals surface area contributed by atoms with Crippen molar-refractivity contribution in [3.63, 3.8) is 0 Å². The first kappa shape index (κ1) is 42.6. The molecular weight excluding hydrogens is 746 g/mol. The number of nitrogens with one attached hydrogen (secondary N) is 9. The second kappa shape index (κ2) is 21.6. The second-order valence-electron chi connectivity index (χ2n) is 11.3. The van der Waals surface area contributed by atoms with E-state index in [1.807, 2.05) is 0 Å². The minimum Gasteiger partial charge on any atom is -0.480 e. The van der Waals surface area contributed by atoms with Crippen LogP contribution in [0.4, 0.5) is 11.6 Å². The van der Waals surface area contributed by atoms with Gasteiger partial charge in [0.2, 0.25) is 41.4 Å². The van der Waals surface area contributed by atoms with Crippen molar-refractivity contribution in [3.8, 4) is 0 Å². The fourth-order valence-corrected chi connectivity index (χ4v) is 4.45. The SMILES string of the molecule is Nc1nc2ncc(CNc3ccc(C(=O)NCCCC(=O)NCC(=O)NCC(=O)NCC(=O)NCC(=O)NCC(=O)N[C@H](CS)C(=O)O)cc3)nc2c(=O)[nH]1. The van der Waals surface area contributed by atoms with Crippen molar-refractivity contribution >= 4 is 82.7 Å². The number of carboxylic acid groups (broad SMARTS) is 1. The fourth-order valence-electron chi connectivity index (χ4n) is 4.20. The van der Waals surface area contributed by atoms with E-state index in [0.29, 0.717) is 16.9 Å². The van der Waals surface area contributed by atoms with Crippen molar-refractivity contribution in [1.29, 1.82) is 0 Å². The third-order valence-corrected chi connectivity index (χ3v) is 7.38. The molecule has 0 unspecified atom stereocenters. The number of anilines is 2. The molecule has 23 nitrogen and oxygen atoms in total. The largest absolute Gasteiger partial charge is 0.480 e. The van der Waals surface area contributed by atoms with E-state index < -0.39 is 85.7 Å². The highest BCUT2D eigenvalue weighted by Gasteiger charge is 2.18. The first-order chi connectivity index (χ1) is 26.2. The van der Waals surface area contributed by atoms with Crippen LogP contribution in [0, 0.1) is 0 Å². The number of aliphatic carboxylic acids is 1. The molecule has 55 heavy (non-hydrogen) atoms. The van der Waals surface area contributed by atoms with Crippen LogP contribution in [0.15, 0.2) is 35.3 Å². The number of nitrogen functional groups attached to an aromatic ring is 1. The number of fused-ring (bicyclic) bond motifs is 1. The maximum absolute atomic E-state index is 12.5. The van der Waals surface area contributed by atoms with Crippen LogP contribution < -0.4 is 53.8 Å². The van der Waals surface area contributed by atoms with Crippen LogP contribution >= 0.6 is 12.6 Å². The zero-order valence-corrected chi connectivity index (χ0v) is 29.9. The van der Waals surface area contributed by atoms with Gasteiger partial charge in [-0.15, -0.1) is 0 Å². The molecule has 12 N–H and O–H groups in total. The van der Waals surface area contributed by atoms with Crippen molar-refractivity contribution in [2.75, 3.05) is 56.1 Å². The van der Waals surface area contributed by atoms with Crippen molar-refractivity contribution in [1.82, 2.24) is 57.2 Å². The molecule has 0 radical (unpaired) electrons. The van der Waals surface area contributed by atoms with Gasteiger partial charge in [-0.1, -0.05) is 0 Å². The lowest BCUT2D eigenvalue weighted by Gasteiger charge is -2.12. The van der Waals surface area contributed by atoms with Crippen molar-refractivity contribution in [2.24, 2.45) is 0 Å². The molecule has 294 valence electrons. The molecule has 0 aliphatic carbocycles. The molecule has 1 atom stereocenters. The molecule has 0 spiro atoms. The normalized spacial score (nSPS) is 11.0. The van der Waals surface area contributed by atoms with Gasteiger partial charge in [-0.3, -0.25) is 43.3 Å². The number of aromatic nitrogens is 4. The number of amides is 7.